The van der Waals surface area contributed by atoms with Gasteiger partial charge in [-0.15, -0.1) is 0 Å². The van der Waals surface area contributed by atoms with Crippen LogP contribution in [-0.2, 0) is 0 Å². The van der Waals surface area contributed by atoms with Gasteiger partial charge >= 0.3 is 0 Å². The van der Waals surface area contributed by atoms with Gasteiger partial charge in [0.2, 0.25) is 0 Å². The predicted molar refractivity (Wildman–Crippen MR) is 147 cm³/mol. The molecule has 0 aromatic rings. The predicted octanol–water partition coefficient (Wildman–Crippen LogP) is 11.7. The van der Waals surface area contributed by atoms with Gasteiger partial charge in [0.1, 0.15) is 0 Å². The molecule has 1 atom stereocenters. The number of hydrogen-bond donors (Lipinski definition) is 0. The molecule has 1 rings (SSSR count). The van der Waals surface area contributed by atoms with Gasteiger partial charge in [-0.25, -0.2) is 0 Å². The maximum absolute atomic E-state index is 2.31. The summed E-state index contributed by atoms with van der Waals surface area (Å²) in [6.45, 7) is 2.31. The Kier molecular flexibility index (Phi) is 23.7. The van der Waals surface area contributed by atoms with E-state index < -0.39 is 0 Å². The summed E-state index contributed by atoms with van der Waals surface area (Å²) < 4.78 is 0. The molecule has 31 heavy (non-hydrogen) atoms. The molecular formula is C30H60S. The van der Waals surface area contributed by atoms with E-state index in [2.05, 4.69) is 18.7 Å². The lowest BCUT2D eigenvalue weighted by Gasteiger charge is -2.04. The SMILES string of the molecule is CCCCCCCCCCCCCCCCCCCCCCCCCCCCC1CS1. The second kappa shape index (κ2) is 25.0. The standard InChI is InChI=1S/C30H60S/c1-2-3-4-5-6-7-8-9-10-11-12-13-14-15-16-17-18-19-20-21-22-23-24-25-26-27-28-30-29-31-30/h30H,2-29H2,1H3. The summed E-state index contributed by atoms with van der Waals surface area (Å²) >= 11 is 2.16. The summed E-state index contributed by atoms with van der Waals surface area (Å²) in [4.78, 5) is 0. The zero-order valence-corrected chi connectivity index (χ0v) is 22.6. The Bertz CT molecular complexity index is 322. The molecule has 0 spiro atoms. The van der Waals surface area contributed by atoms with Crippen LogP contribution < -0.4 is 0 Å². The van der Waals surface area contributed by atoms with Crippen molar-refractivity contribution in [3.05, 3.63) is 0 Å². The van der Waals surface area contributed by atoms with Crippen molar-refractivity contribution in [3.8, 4) is 0 Å². The molecule has 0 amide bonds. The molecular weight excluding hydrogens is 392 g/mol. The van der Waals surface area contributed by atoms with Gasteiger partial charge in [0.25, 0.3) is 0 Å². The molecule has 186 valence electrons. The smallest absolute Gasteiger partial charge is 0.0138 e. The van der Waals surface area contributed by atoms with Crippen molar-refractivity contribution in [2.24, 2.45) is 0 Å². The minimum atomic E-state index is 1.06. The highest BCUT2D eigenvalue weighted by atomic mass is 32.2. The lowest BCUT2D eigenvalue weighted by molar-refractivity contribution is 0.515. The number of hydrogen-bond acceptors (Lipinski definition) is 1. The Labute approximate surface area is 202 Å². The van der Waals surface area contributed by atoms with Crippen LogP contribution in [0.25, 0.3) is 0 Å². The van der Waals surface area contributed by atoms with Crippen LogP contribution in [0, 0.1) is 0 Å². The molecule has 1 unspecified atom stereocenters. The van der Waals surface area contributed by atoms with Crippen LogP contribution in [0.2, 0.25) is 0 Å². The van der Waals surface area contributed by atoms with Crippen LogP contribution in [0.4, 0.5) is 0 Å². The zero-order chi connectivity index (χ0) is 22.1. The van der Waals surface area contributed by atoms with Gasteiger partial charge in [-0.3, -0.25) is 0 Å². The van der Waals surface area contributed by atoms with Crippen molar-refractivity contribution < 1.29 is 0 Å². The lowest BCUT2D eigenvalue weighted by Crippen LogP contribution is -1.86. The highest BCUT2D eigenvalue weighted by molar-refractivity contribution is 8.06. The van der Waals surface area contributed by atoms with Gasteiger partial charge in [0, 0.05) is 11.0 Å². The molecule has 0 N–H and O–H groups in total. The van der Waals surface area contributed by atoms with Gasteiger partial charge in [-0.2, -0.15) is 11.8 Å². The summed E-state index contributed by atoms with van der Waals surface area (Å²) in [5, 5.41) is 1.06. The first-order valence-electron chi connectivity index (χ1n) is 15.0. The topological polar surface area (TPSA) is 0 Å². The van der Waals surface area contributed by atoms with E-state index in [4.69, 9.17) is 0 Å². The molecule has 0 saturated carbocycles. The van der Waals surface area contributed by atoms with Gasteiger partial charge < -0.3 is 0 Å². The largest absolute Gasteiger partial charge is 0.157 e. The Morgan fingerprint density at radius 2 is 0.613 bits per heavy atom. The van der Waals surface area contributed by atoms with Gasteiger partial charge in [-0.05, 0) is 6.42 Å². The monoisotopic (exact) mass is 452 g/mol. The molecule has 1 aliphatic heterocycles. The number of thioether (sulfide) groups is 1. The average molecular weight is 453 g/mol. The molecule has 0 aliphatic carbocycles. The zero-order valence-electron chi connectivity index (χ0n) is 21.8. The molecule has 0 bridgehead atoms. The summed E-state index contributed by atoms with van der Waals surface area (Å²) in [6, 6.07) is 0. The molecule has 1 fully saturated rings. The molecule has 1 heterocycles. The lowest BCUT2D eigenvalue weighted by atomic mass is 10.0. The van der Waals surface area contributed by atoms with Crippen LogP contribution in [0.15, 0.2) is 0 Å². The Morgan fingerprint density at radius 1 is 0.387 bits per heavy atom. The highest BCUT2D eigenvalue weighted by Gasteiger charge is 2.20. The third-order valence-corrected chi connectivity index (χ3v) is 8.32. The molecule has 0 aromatic heterocycles. The van der Waals surface area contributed by atoms with Gasteiger partial charge in [0.15, 0.2) is 0 Å². The first kappa shape index (κ1) is 29.4. The maximum Gasteiger partial charge on any atom is 0.0138 e. The third-order valence-electron chi connectivity index (χ3n) is 7.28. The quantitative estimate of drug-likeness (QED) is 0.0881. The average Bonchev–Trinajstić information content (AvgIpc) is 3.60. The molecule has 1 aliphatic rings. The molecule has 0 nitrogen and oxygen atoms in total. The molecule has 0 aromatic carbocycles. The second-order valence-corrected chi connectivity index (χ2v) is 11.9. The van der Waals surface area contributed by atoms with E-state index in [1.807, 2.05) is 0 Å². The van der Waals surface area contributed by atoms with E-state index in [-0.39, 0.29) is 0 Å². The fraction of sp³-hybridized carbons (Fsp3) is 1.00. The second-order valence-electron chi connectivity index (χ2n) is 10.6. The maximum atomic E-state index is 2.31. The molecule has 1 heteroatoms. The Balaban J connectivity index is 1.58. The summed E-state index contributed by atoms with van der Waals surface area (Å²) in [6.07, 6.45) is 40.2. The van der Waals surface area contributed by atoms with Crippen LogP contribution in [-0.4, -0.2) is 11.0 Å². The van der Waals surface area contributed by atoms with Crippen LogP contribution in [0.1, 0.15) is 180 Å². The van der Waals surface area contributed by atoms with Crippen LogP contribution >= 0.6 is 11.8 Å². The first-order valence-corrected chi connectivity index (χ1v) is 16.1. The van der Waals surface area contributed by atoms with Crippen molar-refractivity contribution in [3.63, 3.8) is 0 Å². The fourth-order valence-electron chi connectivity index (χ4n) is 4.92. The van der Waals surface area contributed by atoms with E-state index in [0.29, 0.717) is 0 Å². The van der Waals surface area contributed by atoms with Crippen molar-refractivity contribution in [2.45, 2.75) is 186 Å². The van der Waals surface area contributed by atoms with Crippen molar-refractivity contribution in [1.82, 2.24) is 0 Å². The first-order chi connectivity index (χ1) is 15.4. The minimum Gasteiger partial charge on any atom is -0.157 e. The summed E-state index contributed by atoms with van der Waals surface area (Å²) in [7, 11) is 0. The van der Waals surface area contributed by atoms with Crippen molar-refractivity contribution in [1.29, 1.82) is 0 Å². The van der Waals surface area contributed by atoms with Gasteiger partial charge in [-0.1, -0.05) is 174 Å². The normalized spacial score (nSPS) is 15.6. The fourth-order valence-corrected chi connectivity index (χ4v) is 5.56. The van der Waals surface area contributed by atoms with Gasteiger partial charge in [0.05, 0.1) is 0 Å². The number of unbranched alkanes of at least 4 members (excludes halogenated alkanes) is 25. The van der Waals surface area contributed by atoms with Crippen molar-refractivity contribution in [2.75, 3.05) is 5.75 Å². The summed E-state index contributed by atoms with van der Waals surface area (Å²) in [5.41, 5.74) is 0. The molecule has 1 saturated heterocycles. The Hall–Kier alpha value is 0.350. The van der Waals surface area contributed by atoms with E-state index in [1.165, 1.54) is 179 Å². The highest BCUT2D eigenvalue weighted by Crippen LogP contribution is 2.34. The summed E-state index contributed by atoms with van der Waals surface area (Å²) in [5.74, 6) is 1.46. The minimum absolute atomic E-state index is 1.06. The molecule has 0 radical (unpaired) electrons. The van der Waals surface area contributed by atoms with E-state index >= 15 is 0 Å². The van der Waals surface area contributed by atoms with Crippen LogP contribution in [0.5, 0.6) is 0 Å². The van der Waals surface area contributed by atoms with Crippen LogP contribution in [0.3, 0.4) is 0 Å². The number of rotatable bonds is 27. The third kappa shape index (κ3) is 24.8. The van der Waals surface area contributed by atoms with Crippen molar-refractivity contribution >= 4 is 11.8 Å². The van der Waals surface area contributed by atoms with E-state index in [0.717, 1.165) is 5.25 Å². The van der Waals surface area contributed by atoms with E-state index in [1.54, 1.807) is 0 Å². The Morgan fingerprint density at radius 3 is 0.839 bits per heavy atom. The van der Waals surface area contributed by atoms with E-state index in [9.17, 15) is 0 Å².